The zero-order chi connectivity index (χ0) is 19.4. The minimum Gasteiger partial charge on any atom is -0.335 e. The minimum absolute atomic E-state index is 0.0736. The molecule has 2 aromatic carbocycles. The van der Waals surface area contributed by atoms with Crippen LogP contribution in [-0.2, 0) is 9.59 Å². The predicted octanol–water partition coefficient (Wildman–Crippen LogP) is 2.71. The molecule has 1 fully saturated rings. The van der Waals surface area contributed by atoms with Crippen molar-refractivity contribution in [3.05, 3.63) is 70.7 Å². The molecule has 0 bridgehead atoms. The van der Waals surface area contributed by atoms with Gasteiger partial charge in [-0.2, -0.15) is 0 Å². The number of carbonyl (C=O) groups is 3. The largest absolute Gasteiger partial charge is 0.335 e. The van der Waals surface area contributed by atoms with Gasteiger partial charge in [0.25, 0.3) is 5.91 Å². The van der Waals surface area contributed by atoms with Crippen LogP contribution in [-0.4, -0.2) is 29.2 Å². The Labute approximate surface area is 162 Å². The molecule has 0 unspecified atom stereocenters. The van der Waals surface area contributed by atoms with Crippen LogP contribution >= 0.6 is 11.6 Å². The van der Waals surface area contributed by atoms with Gasteiger partial charge in [-0.05, 0) is 36.8 Å². The Morgan fingerprint density at radius 2 is 1.74 bits per heavy atom. The van der Waals surface area contributed by atoms with Crippen LogP contribution in [0.25, 0.3) is 0 Å². The smallest absolute Gasteiger partial charge is 0.269 e. The van der Waals surface area contributed by atoms with Crippen molar-refractivity contribution in [2.75, 3.05) is 6.54 Å². The third-order valence-electron chi connectivity index (χ3n) is 4.68. The van der Waals surface area contributed by atoms with E-state index in [1.165, 1.54) is 0 Å². The minimum atomic E-state index is -0.505. The Balaban J connectivity index is 1.56. The van der Waals surface area contributed by atoms with Crippen LogP contribution in [0.3, 0.4) is 0 Å². The molecule has 0 aromatic heterocycles. The topological polar surface area (TPSA) is 78.5 Å². The van der Waals surface area contributed by atoms with Crippen molar-refractivity contribution in [2.24, 2.45) is 5.92 Å². The molecule has 0 radical (unpaired) electrons. The molecular weight excluding hydrogens is 366 g/mol. The number of hydrogen-bond donors (Lipinski definition) is 2. The number of carbonyl (C=O) groups excluding carboxylic acids is 3. The van der Waals surface area contributed by atoms with Crippen LogP contribution in [0.5, 0.6) is 0 Å². The van der Waals surface area contributed by atoms with Crippen molar-refractivity contribution in [2.45, 2.75) is 19.4 Å². The maximum absolute atomic E-state index is 12.4. The molecule has 140 valence electrons. The van der Waals surface area contributed by atoms with E-state index in [4.69, 9.17) is 11.6 Å². The first-order valence-corrected chi connectivity index (χ1v) is 9.03. The molecule has 0 spiro atoms. The molecule has 0 aliphatic carbocycles. The van der Waals surface area contributed by atoms with E-state index in [2.05, 4.69) is 10.9 Å². The molecule has 27 heavy (non-hydrogen) atoms. The van der Waals surface area contributed by atoms with Gasteiger partial charge in [-0.1, -0.05) is 41.9 Å². The van der Waals surface area contributed by atoms with E-state index < -0.39 is 11.8 Å². The lowest BCUT2D eigenvalue weighted by atomic mass is 10.1. The van der Waals surface area contributed by atoms with Crippen LogP contribution in [0.4, 0.5) is 0 Å². The number of amides is 3. The van der Waals surface area contributed by atoms with Crippen molar-refractivity contribution >= 4 is 29.3 Å². The fraction of sp³-hybridized carbons (Fsp3) is 0.250. The second-order valence-electron chi connectivity index (χ2n) is 6.48. The van der Waals surface area contributed by atoms with Crippen LogP contribution in [0.15, 0.2) is 54.6 Å². The summed E-state index contributed by atoms with van der Waals surface area (Å²) >= 11 is 5.79. The van der Waals surface area contributed by atoms with E-state index in [9.17, 15) is 14.4 Å². The molecule has 1 saturated heterocycles. The van der Waals surface area contributed by atoms with Gasteiger partial charge in [-0.15, -0.1) is 0 Å². The number of likely N-dealkylation sites (tertiary alicyclic amines) is 1. The lowest BCUT2D eigenvalue weighted by Crippen LogP contribution is -2.45. The quantitative estimate of drug-likeness (QED) is 0.794. The average Bonchev–Trinajstić information content (AvgIpc) is 3.08. The van der Waals surface area contributed by atoms with Gasteiger partial charge in [-0.25, -0.2) is 0 Å². The molecule has 6 nitrogen and oxygen atoms in total. The third kappa shape index (κ3) is 4.46. The summed E-state index contributed by atoms with van der Waals surface area (Å²) in [6.45, 7) is 2.26. The second-order valence-corrected chi connectivity index (χ2v) is 6.92. The zero-order valence-corrected chi connectivity index (χ0v) is 15.6. The van der Waals surface area contributed by atoms with Gasteiger partial charge in [-0.3, -0.25) is 25.2 Å². The predicted molar refractivity (Wildman–Crippen MR) is 102 cm³/mol. The highest BCUT2D eigenvalue weighted by Gasteiger charge is 2.37. The standard InChI is InChI=1S/C20H20ClN3O3/c1-13(14-5-3-2-4-6-14)24-12-16(11-18(24)25)20(27)23-22-19(26)15-7-9-17(21)10-8-15/h2-10,13,16H,11-12H2,1H3,(H,22,26)(H,23,27)/t13-,16-/m0/s1. The van der Waals surface area contributed by atoms with E-state index in [1.54, 1.807) is 29.2 Å². The Hall–Kier alpha value is -2.86. The van der Waals surface area contributed by atoms with Gasteiger partial charge < -0.3 is 4.90 Å². The monoisotopic (exact) mass is 385 g/mol. The number of hydrazine groups is 1. The van der Waals surface area contributed by atoms with E-state index in [0.717, 1.165) is 5.56 Å². The summed E-state index contributed by atoms with van der Waals surface area (Å²) < 4.78 is 0. The Kier molecular flexibility index (Phi) is 5.76. The normalized spacial score (nSPS) is 17.5. The lowest BCUT2D eigenvalue weighted by molar-refractivity contribution is -0.130. The van der Waals surface area contributed by atoms with Gasteiger partial charge in [0.05, 0.1) is 12.0 Å². The molecule has 3 rings (SSSR count). The highest BCUT2D eigenvalue weighted by Crippen LogP contribution is 2.28. The van der Waals surface area contributed by atoms with Crippen molar-refractivity contribution < 1.29 is 14.4 Å². The molecule has 7 heteroatoms. The maximum Gasteiger partial charge on any atom is 0.269 e. The zero-order valence-electron chi connectivity index (χ0n) is 14.8. The van der Waals surface area contributed by atoms with E-state index in [1.807, 2.05) is 37.3 Å². The summed E-state index contributed by atoms with van der Waals surface area (Å²) in [4.78, 5) is 38.4. The molecule has 2 atom stereocenters. The molecule has 2 aromatic rings. The summed E-state index contributed by atoms with van der Waals surface area (Å²) in [5.74, 6) is -1.41. The molecular formula is C20H20ClN3O3. The summed E-state index contributed by atoms with van der Waals surface area (Å²) in [5.41, 5.74) is 6.17. The first-order chi connectivity index (χ1) is 13.0. The molecule has 1 aliphatic rings. The van der Waals surface area contributed by atoms with Crippen LogP contribution in [0, 0.1) is 5.92 Å². The molecule has 0 saturated carbocycles. The highest BCUT2D eigenvalue weighted by atomic mass is 35.5. The van der Waals surface area contributed by atoms with Crippen LogP contribution in [0.1, 0.15) is 35.3 Å². The first kappa shape index (κ1) is 18.9. The second kappa shape index (κ2) is 8.22. The number of halogens is 1. The Morgan fingerprint density at radius 3 is 2.41 bits per heavy atom. The van der Waals surface area contributed by atoms with Gasteiger partial charge in [0, 0.05) is 23.6 Å². The number of benzene rings is 2. The van der Waals surface area contributed by atoms with Gasteiger partial charge in [0.1, 0.15) is 0 Å². The third-order valence-corrected chi connectivity index (χ3v) is 4.94. The SMILES string of the molecule is C[C@@H](c1ccccc1)N1C[C@@H](C(=O)NNC(=O)c2ccc(Cl)cc2)CC1=O. The number of hydrogen-bond acceptors (Lipinski definition) is 3. The van der Waals surface area contributed by atoms with Crippen molar-refractivity contribution in [1.82, 2.24) is 15.8 Å². The molecule has 1 aliphatic heterocycles. The molecule has 1 heterocycles. The van der Waals surface area contributed by atoms with Gasteiger partial charge >= 0.3 is 0 Å². The van der Waals surface area contributed by atoms with Crippen molar-refractivity contribution in [3.8, 4) is 0 Å². The lowest BCUT2D eigenvalue weighted by Gasteiger charge is -2.25. The molecule has 3 amide bonds. The average molecular weight is 386 g/mol. The fourth-order valence-electron chi connectivity index (χ4n) is 3.09. The van der Waals surface area contributed by atoms with E-state index >= 15 is 0 Å². The summed E-state index contributed by atoms with van der Waals surface area (Å²) in [5, 5.41) is 0.521. The summed E-state index contributed by atoms with van der Waals surface area (Å²) in [6.07, 6.45) is 0.125. The van der Waals surface area contributed by atoms with Gasteiger partial charge in [0.15, 0.2) is 0 Å². The Bertz CT molecular complexity index is 839. The molecule has 2 N–H and O–H groups in total. The highest BCUT2D eigenvalue weighted by molar-refractivity contribution is 6.30. The van der Waals surface area contributed by atoms with Crippen LogP contribution in [0.2, 0.25) is 5.02 Å². The maximum atomic E-state index is 12.4. The van der Waals surface area contributed by atoms with E-state index in [-0.39, 0.29) is 24.3 Å². The van der Waals surface area contributed by atoms with E-state index in [0.29, 0.717) is 17.1 Å². The number of nitrogens with zero attached hydrogens (tertiary/aromatic N) is 1. The Morgan fingerprint density at radius 1 is 1.07 bits per heavy atom. The summed E-state index contributed by atoms with van der Waals surface area (Å²) in [7, 11) is 0. The van der Waals surface area contributed by atoms with Crippen molar-refractivity contribution in [1.29, 1.82) is 0 Å². The number of rotatable bonds is 4. The fourth-order valence-corrected chi connectivity index (χ4v) is 3.21. The first-order valence-electron chi connectivity index (χ1n) is 8.66. The number of nitrogens with one attached hydrogen (secondary N) is 2. The van der Waals surface area contributed by atoms with Gasteiger partial charge in [0.2, 0.25) is 11.8 Å². The summed E-state index contributed by atoms with van der Waals surface area (Å²) in [6, 6.07) is 15.9. The van der Waals surface area contributed by atoms with Crippen molar-refractivity contribution in [3.63, 3.8) is 0 Å². The van der Waals surface area contributed by atoms with Crippen LogP contribution < -0.4 is 10.9 Å².